The second-order valence-electron chi connectivity index (χ2n) is 4.94. The fourth-order valence-corrected chi connectivity index (χ4v) is 2.25. The molecule has 3 heteroatoms. The first-order valence-corrected chi connectivity index (χ1v) is 6.93. The van der Waals surface area contributed by atoms with Gasteiger partial charge in [0.15, 0.2) is 11.5 Å². The molecule has 0 amide bonds. The molecule has 0 spiro atoms. The van der Waals surface area contributed by atoms with Crippen LogP contribution in [0.2, 0.25) is 0 Å². The molecular formula is C17H18N2O. The van der Waals surface area contributed by atoms with Crippen molar-refractivity contribution in [3.8, 4) is 0 Å². The van der Waals surface area contributed by atoms with Crippen LogP contribution in [0, 0.1) is 6.92 Å². The number of nitrogens with one attached hydrogen (secondary N) is 1. The van der Waals surface area contributed by atoms with Crippen LogP contribution < -0.4 is 5.32 Å². The Morgan fingerprint density at radius 2 is 1.80 bits per heavy atom. The SMILES string of the molecule is CCc1ccc(CNc2ccc3oc(C)nc3c2)cc1. The zero-order valence-electron chi connectivity index (χ0n) is 11.8. The Bertz CT molecular complexity index is 713. The van der Waals surface area contributed by atoms with Crippen molar-refractivity contribution in [1.82, 2.24) is 4.98 Å². The average Bonchev–Trinajstić information content (AvgIpc) is 2.85. The summed E-state index contributed by atoms with van der Waals surface area (Å²) in [6, 6.07) is 14.7. The molecule has 0 radical (unpaired) electrons. The number of oxazole rings is 1. The minimum absolute atomic E-state index is 0.701. The average molecular weight is 266 g/mol. The zero-order valence-corrected chi connectivity index (χ0v) is 11.8. The van der Waals surface area contributed by atoms with Crippen molar-refractivity contribution in [2.45, 2.75) is 26.8 Å². The minimum atomic E-state index is 0.701. The van der Waals surface area contributed by atoms with Gasteiger partial charge in [0.1, 0.15) is 5.52 Å². The number of rotatable bonds is 4. The number of hydrogen-bond donors (Lipinski definition) is 1. The Hall–Kier alpha value is -2.29. The number of benzene rings is 2. The lowest BCUT2D eigenvalue weighted by molar-refractivity contribution is 0.561. The lowest BCUT2D eigenvalue weighted by Crippen LogP contribution is -1.99. The van der Waals surface area contributed by atoms with Crippen LogP contribution in [0.3, 0.4) is 0 Å². The van der Waals surface area contributed by atoms with E-state index in [9.17, 15) is 0 Å². The summed E-state index contributed by atoms with van der Waals surface area (Å²) >= 11 is 0. The molecule has 3 aromatic rings. The van der Waals surface area contributed by atoms with E-state index in [0.29, 0.717) is 5.89 Å². The maximum atomic E-state index is 5.47. The van der Waals surface area contributed by atoms with Crippen molar-refractivity contribution in [3.63, 3.8) is 0 Å². The highest BCUT2D eigenvalue weighted by Crippen LogP contribution is 2.20. The van der Waals surface area contributed by atoms with Crippen LogP contribution in [-0.2, 0) is 13.0 Å². The van der Waals surface area contributed by atoms with E-state index in [2.05, 4.69) is 41.5 Å². The van der Waals surface area contributed by atoms with Gasteiger partial charge in [-0.05, 0) is 35.7 Å². The monoisotopic (exact) mass is 266 g/mol. The van der Waals surface area contributed by atoms with Crippen LogP contribution in [0.4, 0.5) is 5.69 Å². The number of fused-ring (bicyclic) bond motifs is 1. The van der Waals surface area contributed by atoms with E-state index in [1.54, 1.807) is 0 Å². The van der Waals surface area contributed by atoms with Gasteiger partial charge in [-0.2, -0.15) is 0 Å². The molecule has 1 heterocycles. The Labute approximate surface area is 118 Å². The molecule has 20 heavy (non-hydrogen) atoms. The zero-order chi connectivity index (χ0) is 13.9. The minimum Gasteiger partial charge on any atom is -0.441 e. The highest BCUT2D eigenvalue weighted by atomic mass is 16.3. The largest absolute Gasteiger partial charge is 0.441 e. The summed E-state index contributed by atoms with van der Waals surface area (Å²) in [7, 11) is 0. The van der Waals surface area contributed by atoms with E-state index in [-0.39, 0.29) is 0 Å². The summed E-state index contributed by atoms with van der Waals surface area (Å²) in [5.74, 6) is 0.701. The molecule has 0 fully saturated rings. The molecule has 0 saturated carbocycles. The molecule has 102 valence electrons. The van der Waals surface area contributed by atoms with E-state index in [0.717, 1.165) is 29.8 Å². The number of aromatic nitrogens is 1. The smallest absolute Gasteiger partial charge is 0.192 e. The fourth-order valence-electron chi connectivity index (χ4n) is 2.25. The van der Waals surface area contributed by atoms with Crippen molar-refractivity contribution in [2.24, 2.45) is 0 Å². The highest BCUT2D eigenvalue weighted by molar-refractivity contribution is 5.77. The molecule has 0 unspecified atom stereocenters. The molecule has 1 aromatic heterocycles. The van der Waals surface area contributed by atoms with Gasteiger partial charge in [-0.1, -0.05) is 31.2 Å². The normalized spacial score (nSPS) is 10.9. The molecule has 0 saturated heterocycles. The van der Waals surface area contributed by atoms with E-state index in [1.807, 2.05) is 25.1 Å². The second kappa shape index (κ2) is 5.37. The van der Waals surface area contributed by atoms with E-state index in [1.165, 1.54) is 11.1 Å². The van der Waals surface area contributed by atoms with Crippen LogP contribution in [0.15, 0.2) is 46.9 Å². The summed E-state index contributed by atoms with van der Waals surface area (Å²) in [5, 5.41) is 3.42. The standard InChI is InChI=1S/C17H18N2O/c1-3-13-4-6-14(7-5-13)11-18-15-8-9-17-16(10-15)19-12(2)20-17/h4-10,18H,3,11H2,1-2H3. The third-order valence-corrected chi connectivity index (χ3v) is 3.42. The molecule has 3 nitrogen and oxygen atoms in total. The molecule has 0 aliphatic heterocycles. The quantitative estimate of drug-likeness (QED) is 0.764. The number of hydrogen-bond acceptors (Lipinski definition) is 3. The predicted molar refractivity (Wildman–Crippen MR) is 81.9 cm³/mol. The van der Waals surface area contributed by atoms with Gasteiger partial charge >= 0.3 is 0 Å². The summed E-state index contributed by atoms with van der Waals surface area (Å²) in [5.41, 5.74) is 5.44. The molecule has 0 aliphatic rings. The van der Waals surface area contributed by atoms with Crippen molar-refractivity contribution >= 4 is 16.8 Å². The van der Waals surface area contributed by atoms with Crippen molar-refractivity contribution in [2.75, 3.05) is 5.32 Å². The van der Waals surface area contributed by atoms with Gasteiger partial charge in [0.2, 0.25) is 0 Å². The Morgan fingerprint density at radius 1 is 1.05 bits per heavy atom. The predicted octanol–water partition coefficient (Wildman–Crippen LogP) is 4.31. The molecule has 0 bridgehead atoms. The number of aryl methyl sites for hydroxylation is 2. The van der Waals surface area contributed by atoms with Crippen LogP contribution in [0.25, 0.3) is 11.1 Å². The lowest BCUT2D eigenvalue weighted by Gasteiger charge is -2.07. The van der Waals surface area contributed by atoms with Crippen LogP contribution in [0.5, 0.6) is 0 Å². The maximum absolute atomic E-state index is 5.47. The lowest BCUT2D eigenvalue weighted by atomic mass is 10.1. The van der Waals surface area contributed by atoms with Crippen LogP contribution in [0.1, 0.15) is 23.9 Å². The first-order valence-electron chi connectivity index (χ1n) is 6.93. The van der Waals surface area contributed by atoms with Gasteiger partial charge in [0.25, 0.3) is 0 Å². The number of nitrogens with zero attached hydrogens (tertiary/aromatic N) is 1. The van der Waals surface area contributed by atoms with Gasteiger partial charge < -0.3 is 9.73 Å². The van der Waals surface area contributed by atoms with Gasteiger partial charge in [-0.15, -0.1) is 0 Å². The van der Waals surface area contributed by atoms with Gasteiger partial charge in [-0.3, -0.25) is 0 Å². The molecule has 2 aromatic carbocycles. The summed E-state index contributed by atoms with van der Waals surface area (Å²) < 4.78 is 5.47. The topological polar surface area (TPSA) is 38.1 Å². The van der Waals surface area contributed by atoms with Crippen molar-refractivity contribution in [1.29, 1.82) is 0 Å². The Morgan fingerprint density at radius 3 is 2.55 bits per heavy atom. The van der Waals surface area contributed by atoms with Crippen LogP contribution in [-0.4, -0.2) is 4.98 Å². The highest BCUT2D eigenvalue weighted by Gasteiger charge is 2.03. The number of anilines is 1. The fraction of sp³-hybridized carbons (Fsp3) is 0.235. The Kier molecular flexibility index (Phi) is 3.42. The molecule has 3 rings (SSSR count). The van der Waals surface area contributed by atoms with Gasteiger partial charge in [-0.25, -0.2) is 4.98 Å². The Balaban J connectivity index is 1.72. The third-order valence-electron chi connectivity index (χ3n) is 3.42. The van der Waals surface area contributed by atoms with E-state index in [4.69, 9.17) is 4.42 Å². The third kappa shape index (κ3) is 2.67. The maximum Gasteiger partial charge on any atom is 0.192 e. The first kappa shape index (κ1) is 12.7. The first-order chi connectivity index (χ1) is 9.74. The molecule has 0 atom stereocenters. The molecular weight excluding hydrogens is 248 g/mol. The van der Waals surface area contributed by atoms with Crippen molar-refractivity contribution in [3.05, 3.63) is 59.5 Å². The summed E-state index contributed by atoms with van der Waals surface area (Å²) in [6.07, 6.45) is 1.08. The summed E-state index contributed by atoms with van der Waals surface area (Å²) in [4.78, 5) is 4.34. The van der Waals surface area contributed by atoms with Gasteiger partial charge in [0.05, 0.1) is 0 Å². The van der Waals surface area contributed by atoms with Crippen molar-refractivity contribution < 1.29 is 4.42 Å². The summed E-state index contributed by atoms with van der Waals surface area (Å²) in [6.45, 7) is 4.84. The molecule has 0 aliphatic carbocycles. The second-order valence-corrected chi connectivity index (χ2v) is 4.94. The van der Waals surface area contributed by atoms with Crippen LogP contribution >= 0.6 is 0 Å². The van der Waals surface area contributed by atoms with E-state index >= 15 is 0 Å². The van der Waals surface area contributed by atoms with E-state index < -0.39 is 0 Å². The van der Waals surface area contributed by atoms with Gasteiger partial charge in [0, 0.05) is 19.2 Å². The molecule has 1 N–H and O–H groups in total.